The van der Waals surface area contributed by atoms with Crippen molar-refractivity contribution in [2.75, 3.05) is 57.0 Å². The van der Waals surface area contributed by atoms with E-state index in [1.165, 1.54) is 6.07 Å². The number of carbonyl (C=O) groups excluding carboxylic acids is 1. The van der Waals surface area contributed by atoms with Crippen molar-refractivity contribution in [2.45, 2.75) is 64.3 Å². The van der Waals surface area contributed by atoms with Gasteiger partial charge in [-0.25, -0.2) is 4.98 Å². The van der Waals surface area contributed by atoms with Crippen LogP contribution in [-0.4, -0.2) is 82.5 Å². The molecule has 0 bridgehead atoms. The molecule has 0 aromatic carbocycles. The summed E-state index contributed by atoms with van der Waals surface area (Å²) < 4.78 is 48.7. The fourth-order valence-electron chi connectivity index (χ4n) is 4.92. The number of anilines is 3. The second kappa shape index (κ2) is 11.5. The fourth-order valence-corrected chi connectivity index (χ4v) is 4.92. The quantitative estimate of drug-likeness (QED) is 0.482. The highest BCUT2D eigenvalue weighted by atomic mass is 19.4. The lowest BCUT2D eigenvalue weighted by Gasteiger charge is -2.28. The molecule has 0 spiro atoms. The third-order valence-corrected chi connectivity index (χ3v) is 7.21. The van der Waals surface area contributed by atoms with Gasteiger partial charge in [0, 0.05) is 44.7 Å². The van der Waals surface area contributed by atoms with Gasteiger partial charge in [-0.2, -0.15) is 18.3 Å². The maximum Gasteiger partial charge on any atom is 0.419 e. The lowest BCUT2D eigenvalue weighted by molar-refractivity contribution is -0.149. The van der Waals surface area contributed by atoms with Gasteiger partial charge in [0.1, 0.15) is 11.4 Å². The Hall–Kier alpha value is -2.86. The van der Waals surface area contributed by atoms with Crippen molar-refractivity contribution >= 4 is 23.1 Å². The number of likely N-dealkylation sites (tertiary alicyclic amines) is 1. The number of alkyl halides is 3. The van der Waals surface area contributed by atoms with Gasteiger partial charge in [-0.1, -0.05) is 0 Å². The van der Waals surface area contributed by atoms with Gasteiger partial charge in [-0.15, -0.1) is 0 Å². The van der Waals surface area contributed by atoms with Gasteiger partial charge in [0.25, 0.3) is 5.91 Å². The van der Waals surface area contributed by atoms with Crippen LogP contribution in [0.5, 0.6) is 0 Å². The number of pyridine rings is 1. The molecular formula is C26H38F3N7O2. The van der Waals surface area contributed by atoms with Gasteiger partial charge in [0.05, 0.1) is 28.7 Å². The monoisotopic (exact) mass is 537 g/mol. The molecule has 2 N–H and O–H groups in total. The smallest absolute Gasteiger partial charge is 0.384 e. The van der Waals surface area contributed by atoms with Gasteiger partial charge in [-0.3, -0.25) is 9.48 Å². The molecule has 2 fully saturated rings. The summed E-state index contributed by atoms with van der Waals surface area (Å²) in [6, 6.07) is 1.68. The van der Waals surface area contributed by atoms with E-state index < -0.39 is 17.3 Å². The number of nitrogens with one attached hydrogen (secondary N) is 2. The van der Waals surface area contributed by atoms with Crippen LogP contribution < -0.4 is 10.6 Å². The Bertz CT molecular complexity index is 1110. The van der Waals surface area contributed by atoms with Crippen LogP contribution in [0.15, 0.2) is 18.5 Å². The molecule has 210 valence electrons. The first-order valence-electron chi connectivity index (χ1n) is 13.2. The minimum absolute atomic E-state index is 0.0544. The van der Waals surface area contributed by atoms with Gasteiger partial charge in [0.2, 0.25) is 0 Å². The minimum atomic E-state index is -4.55. The number of hydrogen-bond acceptors (Lipinski definition) is 7. The molecule has 1 amide bonds. The number of hydrogen-bond donors (Lipinski definition) is 2. The number of ether oxygens (including phenoxy) is 1. The lowest BCUT2D eigenvalue weighted by atomic mass is 10.1. The molecule has 2 aliphatic heterocycles. The van der Waals surface area contributed by atoms with E-state index in [1.807, 2.05) is 17.8 Å². The largest absolute Gasteiger partial charge is 0.419 e. The van der Waals surface area contributed by atoms with Crippen LogP contribution in [0.1, 0.15) is 56.8 Å². The summed E-state index contributed by atoms with van der Waals surface area (Å²) in [5, 5.41) is 10.7. The standard InChI is InChI=1S/C26H38F3N7O2/c1-18-22(17-36(33-18)19-7-12-34(4)13-8-19)32-23-15-21(20(16-31-23)26(27,28)29)30-9-5-10-35-11-6-14-38-25(2,3)24(35)37/h15-17,19H,5-14H2,1-4H3,(H2,30,31,32). The van der Waals surface area contributed by atoms with Crippen LogP contribution in [-0.2, 0) is 15.7 Å². The highest BCUT2D eigenvalue weighted by Gasteiger charge is 2.36. The Balaban J connectivity index is 1.42. The second-order valence-electron chi connectivity index (χ2n) is 10.7. The van der Waals surface area contributed by atoms with E-state index in [2.05, 4.69) is 32.7 Å². The van der Waals surface area contributed by atoms with E-state index >= 15 is 0 Å². The molecule has 0 unspecified atom stereocenters. The molecule has 2 aliphatic rings. The first kappa shape index (κ1) is 28.2. The van der Waals surface area contributed by atoms with Crippen LogP contribution in [0.4, 0.5) is 30.4 Å². The average Bonchev–Trinajstić information content (AvgIpc) is 3.15. The lowest BCUT2D eigenvalue weighted by Crippen LogP contribution is -2.45. The fraction of sp³-hybridized carbons (Fsp3) is 0.654. The summed E-state index contributed by atoms with van der Waals surface area (Å²) in [6.45, 7) is 9.14. The number of piperidine rings is 1. The summed E-state index contributed by atoms with van der Waals surface area (Å²) in [4.78, 5) is 20.7. The van der Waals surface area contributed by atoms with E-state index in [4.69, 9.17) is 4.74 Å². The topological polar surface area (TPSA) is 87.5 Å². The van der Waals surface area contributed by atoms with Crippen molar-refractivity contribution in [1.29, 1.82) is 0 Å². The number of aromatic nitrogens is 3. The number of carbonyl (C=O) groups is 1. The summed E-state index contributed by atoms with van der Waals surface area (Å²) in [5.41, 5.74) is -0.303. The predicted octanol–water partition coefficient (Wildman–Crippen LogP) is 4.45. The molecule has 0 aliphatic carbocycles. The third kappa shape index (κ3) is 6.76. The van der Waals surface area contributed by atoms with Crippen molar-refractivity contribution < 1.29 is 22.7 Å². The molecular weight excluding hydrogens is 499 g/mol. The molecule has 2 aromatic heterocycles. The third-order valence-electron chi connectivity index (χ3n) is 7.21. The SMILES string of the molecule is Cc1nn(C2CCN(C)CC2)cc1Nc1cc(NCCCN2CCCOC(C)(C)C2=O)c(C(F)(F)F)cn1. The Morgan fingerprint density at radius 1 is 1.18 bits per heavy atom. The Morgan fingerprint density at radius 2 is 1.92 bits per heavy atom. The van der Waals surface area contributed by atoms with E-state index in [0.29, 0.717) is 43.7 Å². The van der Waals surface area contributed by atoms with Gasteiger partial charge >= 0.3 is 6.18 Å². The van der Waals surface area contributed by atoms with Crippen molar-refractivity contribution in [1.82, 2.24) is 24.6 Å². The summed E-state index contributed by atoms with van der Waals surface area (Å²) in [7, 11) is 2.10. The first-order chi connectivity index (χ1) is 17.9. The highest BCUT2D eigenvalue weighted by Crippen LogP contribution is 2.36. The van der Waals surface area contributed by atoms with Crippen molar-refractivity contribution in [3.8, 4) is 0 Å². The van der Waals surface area contributed by atoms with Gasteiger partial charge < -0.3 is 25.2 Å². The molecule has 4 heterocycles. The van der Waals surface area contributed by atoms with E-state index in [9.17, 15) is 18.0 Å². The van der Waals surface area contributed by atoms with Crippen molar-refractivity contribution in [3.05, 3.63) is 29.7 Å². The van der Waals surface area contributed by atoms with Crippen molar-refractivity contribution in [3.63, 3.8) is 0 Å². The summed E-state index contributed by atoms with van der Waals surface area (Å²) >= 11 is 0. The van der Waals surface area contributed by atoms with Crippen LogP contribution >= 0.6 is 0 Å². The molecule has 4 rings (SSSR count). The average molecular weight is 538 g/mol. The van der Waals surface area contributed by atoms with Crippen LogP contribution in [0.25, 0.3) is 0 Å². The molecule has 0 saturated carbocycles. The molecule has 0 radical (unpaired) electrons. The van der Waals surface area contributed by atoms with Crippen molar-refractivity contribution in [2.24, 2.45) is 0 Å². The molecule has 0 atom stereocenters. The maximum absolute atomic E-state index is 13.7. The number of halogens is 3. The van der Waals surface area contributed by atoms with E-state index in [1.54, 1.807) is 18.7 Å². The molecule has 12 heteroatoms. The second-order valence-corrected chi connectivity index (χ2v) is 10.7. The minimum Gasteiger partial charge on any atom is -0.384 e. The Labute approximate surface area is 221 Å². The molecule has 38 heavy (non-hydrogen) atoms. The Morgan fingerprint density at radius 3 is 2.63 bits per heavy atom. The molecule has 2 aromatic rings. The van der Waals surface area contributed by atoms with Crippen LogP contribution in [0, 0.1) is 6.92 Å². The number of nitrogens with zero attached hydrogens (tertiary/aromatic N) is 5. The van der Waals surface area contributed by atoms with Gasteiger partial charge in [0.15, 0.2) is 0 Å². The number of rotatable bonds is 8. The van der Waals surface area contributed by atoms with Crippen LogP contribution in [0.3, 0.4) is 0 Å². The first-order valence-corrected chi connectivity index (χ1v) is 13.2. The Kier molecular flexibility index (Phi) is 8.51. The number of amides is 1. The number of aryl methyl sites for hydroxylation is 1. The summed E-state index contributed by atoms with van der Waals surface area (Å²) in [5.74, 6) is 0.200. The zero-order valence-electron chi connectivity index (χ0n) is 22.6. The normalized spacial score (nSPS) is 19.4. The van der Waals surface area contributed by atoms with E-state index in [-0.39, 0.29) is 18.1 Å². The van der Waals surface area contributed by atoms with E-state index in [0.717, 1.165) is 44.2 Å². The maximum atomic E-state index is 13.7. The highest BCUT2D eigenvalue weighted by molar-refractivity contribution is 5.84. The zero-order chi connectivity index (χ0) is 27.5. The molecule has 9 nitrogen and oxygen atoms in total. The summed E-state index contributed by atoms with van der Waals surface area (Å²) in [6.07, 6.45) is 1.42. The molecule has 2 saturated heterocycles. The zero-order valence-corrected chi connectivity index (χ0v) is 22.6. The van der Waals surface area contributed by atoms with Gasteiger partial charge in [-0.05, 0) is 66.6 Å². The van der Waals surface area contributed by atoms with Crippen LogP contribution in [0.2, 0.25) is 0 Å². The predicted molar refractivity (Wildman–Crippen MR) is 140 cm³/mol.